The van der Waals surface area contributed by atoms with E-state index in [9.17, 15) is 4.79 Å². The summed E-state index contributed by atoms with van der Waals surface area (Å²) in [4.78, 5) is 14.9. The van der Waals surface area contributed by atoms with Gasteiger partial charge in [0.2, 0.25) is 0 Å². The lowest BCUT2D eigenvalue weighted by Crippen LogP contribution is -2.14. The number of benzene rings is 2. The number of unbranched alkanes of at least 4 members (excludes halogenated alkanes) is 1. The van der Waals surface area contributed by atoms with E-state index in [2.05, 4.69) is 4.90 Å². The molecule has 0 fully saturated rings. The lowest BCUT2D eigenvalue weighted by molar-refractivity contribution is 0.103. The van der Waals surface area contributed by atoms with E-state index in [4.69, 9.17) is 16.2 Å². The Bertz CT molecular complexity index is 699. The molecule has 0 aliphatic rings. The normalized spacial score (nSPS) is 10.8. The third-order valence-corrected chi connectivity index (χ3v) is 3.74. The zero-order valence-corrected chi connectivity index (χ0v) is 14.3. The number of nitrogen functional groups attached to an aromatic ring is 2. The molecule has 24 heavy (non-hydrogen) atoms. The van der Waals surface area contributed by atoms with Gasteiger partial charge in [-0.1, -0.05) is 12.1 Å². The summed E-state index contributed by atoms with van der Waals surface area (Å²) >= 11 is 0. The number of hydrogen-bond donors (Lipinski definition) is 2. The average molecular weight is 327 g/mol. The Balaban J connectivity index is 2.07. The number of ether oxygens (including phenoxy) is 1. The molecule has 5 heteroatoms. The number of para-hydroxylation sites is 1. The number of hydrogen-bond acceptors (Lipinski definition) is 5. The van der Waals surface area contributed by atoms with Crippen molar-refractivity contribution in [3.05, 3.63) is 53.6 Å². The fourth-order valence-electron chi connectivity index (χ4n) is 2.36. The molecule has 0 amide bonds. The number of nitrogens with two attached hydrogens (primary N) is 2. The summed E-state index contributed by atoms with van der Waals surface area (Å²) in [5.74, 6) is 0.480. The van der Waals surface area contributed by atoms with Gasteiger partial charge < -0.3 is 21.1 Å². The molecule has 0 saturated heterocycles. The lowest BCUT2D eigenvalue weighted by atomic mass is 10.0. The molecule has 128 valence electrons. The molecular formula is C19H25N3O2. The van der Waals surface area contributed by atoms with Gasteiger partial charge >= 0.3 is 0 Å². The van der Waals surface area contributed by atoms with Crippen molar-refractivity contribution in [1.82, 2.24) is 4.90 Å². The molecule has 4 N–H and O–H groups in total. The number of nitrogens with zero attached hydrogens (tertiary/aromatic N) is 1. The van der Waals surface area contributed by atoms with Crippen LogP contribution in [0.5, 0.6) is 5.75 Å². The highest BCUT2D eigenvalue weighted by Gasteiger charge is 2.15. The van der Waals surface area contributed by atoms with Gasteiger partial charge in [-0.15, -0.1) is 0 Å². The van der Waals surface area contributed by atoms with Crippen LogP contribution in [0.4, 0.5) is 11.4 Å². The van der Waals surface area contributed by atoms with Crippen molar-refractivity contribution in [3.8, 4) is 5.75 Å². The monoisotopic (exact) mass is 327 g/mol. The Morgan fingerprint density at radius 1 is 1.04 bits per heavy atom. The van der Waals surface area contributed by atoms with Gasteiger partial charge in [0.05, 0.1) is 23.5 Å². The van der Waals surface area contributed by atoms with Crippen LogP contribution >= 0.6 is 0 Å². The van der Waals surface area contributed by atoms with Gasteiger partial charge in [0.15, 0.2) is 5.78 Å². The smallest absolute Gasteiger partial charge is 0.196 e. The first-order chi connectivity index (χ1) is 11.5. The summed E-state index contributed by atoms with van der Waals surface area (Å²) in [6.45, 7) is 1.61. The van der Waals surface area contributed by atoms with Crippen molar-refractivity contribution in [3.63, 3.8) is 0 Å². The fourth-order valence-corrected chi connectivity index (χ4v) is 2.36. The number of carbonyl (C=O) groups is 1. The van der Waals surface area contributed by atoms with E-state index in [1.54, 1.807) is 24.3 Å². The van der Waals surface area contributed by atoms with Crippen LogP contribution in [0, 0.1) is 0 Å². The minimum Gasteiger partial charge on any atom is -0.493 e. The van der Waals surface area contributed by atoms with Crippen LogP contribution in [-0.4, -0.2) is 37.9 Å². The van der Waals surface area contributed by atoms with Crippen molar-refractivity contribution in [2.24, 2.45) is 0 Å². The van der Waals surface area contributed by atoms with Gasteiger partial charge in [0, 0.05) is 5.56 Å². The minimum absolute atomic E-state index is 0.120. The number of ketones is 1. The van der Waals surface area contributed by atoms with Gasteiger partial charge in [0.25, 0.3) is 0 Å². The third-order valence-electron chi connectivity index (χ3n) is 3.74. The molecule has 0 unspecified atom stereocenters. The van der Waals surface area contributed by atoms with Crippen molar-refractivity contribution in [2.45, 2.75) is 12.8 Å². The summed E-state index contributed by atoms with van der Waals surface area (Å²) in [6.07, 6.45) is 1.99. The maximum absolute atomic E-state index is 12.7. The second-order valence-corrected chi connectivity index (χ2v) is 6.03. The average Bonchev–Trinajstić information content (AvgIpc) is 2.56. The molecule has 0 spiro atoms. The molecule has 2 rings (SSSR count). The molecule has 0 atom stereocenters. The Morgan fingerprint density at radius 3 is 2.50 bits per heavy atom. The van der Waals surface area contributed by atoms with Gasteiger partial charge in [-0.2, -0.15) is 0 Å². The summed E-state index contributed by atoms with van der Waals surface area (Å²) in [7, 11) is 4.10. The molecule has 0 aromatic heterocycles. The van der Waals surface area contributed by atoms with Gasteiger partial charge in [0.1, 0.15) is 5.75 Å². The standard InChI is InChI=1S/C19H25N3O2/c1-22(2)11-5-6-12-24-18-8-4-3-7-15(18)19(23)14-9-10-16(20)17(21)13-14/h3-4,7-10,13H,5-6,11-12,20-21H2,1-2H3. The molecule has 0 radical (unpaired) electrons. The van der Waals surface area contributed by atoms with E-state index < -0.39 is 0 Å². The largest absolute Gasteiger partial charge is 0.493 e. The predicted octanol–water partition coefficient (Wildman–Crippen LogP) is 2.80. The van der Waals surface area contributed by atoms with Crippen molar-refractivity contribution in [1.29, 1.82) is 0 Å². The second kappa shape index (κ2) is 8.36. The van der Waals surface area contributed by atoms with E-state index in [0.29, 0.717) is 34.9 Å². The van der Waals surface area contributed by atoms with Crippen LogP contribution in [0.25, 0.3) is 0 Å². The first kappa shape index (κ1) is 17.8. The molecule has 0 bridgehead atoms. The van der Waals surface area contributed by atoms with E-state index in [1.807, 2.05) is 32.3 Å². The van der Waals surface area contributed by atoms with Crippen molar-refractivity contribution >= 4 is 17.2 Å². The van der Waals surface area contributed by atoms with E-state index >= 15 is 0 Å². The zero-order valence-electron chi connectivity index (χ0n) is 14.3. The van der Waals surface area contributed by atoms with E-state index in [-0.39, 0.29) is 5.78 Å². The molecule has 0 aliphatic carbocycles. The predicted molar refractivity (Wildman–Crippen MR) is 98.4 cm³/mol. The summed E-state index contributed by atoms with van der Waals surface area (Å²) < 4.78 is 5.82. The SMILES string of the molecule is CN(C)CCCCOc1ccccc1C(=O)c1ccc(N)c(N)c1. The highest BCUT2D eigenvalue weighted by molar-refractivity contribution is 6.11. The van der Waals surface area contributed by atoms with Crippen LogP contribution in [0.2, 0.25) is 0 Å². The first-order valence-electron chi connectivity index (χ1n) is 8.05. The van der Waals surface area contributed by atoms with Gasteiger partial charge in [-0.3, -0.25) is 4.79 Å². The molecule has 0 heterocycles. The van der Waals surface area contributed by atoms with Crippen LogP contribution in [0.1, 0.15) is 28.8 Å². The summed E-state index contributed by atoms with van der Waals surface area (Å²) in [5, 5.41) is 0. The van der Waals surface area contributed by atoms with Crippen molar-refractivity contribution in [2.75, 3.05) is 38.7 Å². The molecule has 2 aromatic carbocycles. The van der Waals surface area contributed by atoms with Crippen LogP contribution in [0.15, 0.2) is 42.5 Å². The van der Waals surface area contributed by atoms with Gasteiger partial charge in [-0.05, 0) is 63.8 Å². The molecule has 0 aliphatic heterocycles. The Hall–Kier alpha value is -2.53. The Morgan fingerprint density at radius 2 is 1.79 bits per heavy atom. The van der Waals surface area contributed by atoms with Crippen LogP contribution in [-0.2, 0) is 0 Å². The fraction of sp³-hybridized carbons (Fsp3) is 0.316. The van der Waals surface area contributed by atoms with E-state index in [0.717, 1.165) is 19.4 Å². The summed E-state index contributed by atoms with van der Waals surface area (Å²) in [6, 6.07) is 12.2. The Kier molecular flexibility index (Phi) is 6.21. The minimum atomic E-state index is -0.120. The summed E-state index contributed by atoms with van der Waals surface area (Å²) in [5.41, 5.74) is 13.4. The molecule has 0 saturated carbocycles. The topological polar surface area (TPSA) is 81.6 Å². The molecule has 5 nitrogen and oxygen atoms in total. The Labute approximate surface area is 143 Å². The number of rotatable bonds is 8. The number of carbonyl (C=O) groups excluding carboxylic acids is 1. The zero-order chi connectivity index (χ0) is 17.5. The van der Waals surface area contributed by atoms with Crippen LogP contribution < -0.4 is 16.2 Å². The molecule has 2 aromatic rings. The highest BCUT2D eigenvalue weighted by atomic mass is 16.5. The lowest BCUT2D eigenvalue weighted by Gasteiger charge is -2.12. The third kappa shape index (κ3) is 4.73. The maximum atomic E-state index is 12.7. The van der Waals surface area contributed by atoms with Crippen LogP contribution in [0.3, 0.4) is 0 Å². The number of anilines is 2. The first-order valence-corrected chi connectivity index (χ1v) is 8.05. The maximum Gasteiger partial charge on any atom is 0.196 e. The second-order valence-electron chi connectivity index (χ2n) is 6.03. The van der Waals surface area contributed by atoms with Crippen molar-refractivity contribution < 1.29 is 9.53 Å². The van der Waals surface area contributed by atoms with E-state index in [1.165, 1.54) is 0 Å². The molecular weight excluding hydrogens is 302 g/mol. The quantitative estimate of drug-likeness (QED) is 0.443. The van der Waals surface area contributed by atoms with Gasteiger partial charge in [-0.25, -0.2) is 0 Å². The highest BCUT2D eigenvalue weighted by Crippen LogP contribution is 2.24.